The van der Waals surface area contributed by atoms with Crippen LogP contribution in [-0.2, 0) is 6.54 Å². The second-order valence-corrected chi connectivity index (χ2v) is 8.47. The van der Waals surface area contributed by atoms with Gasteiger partial charge in [0.25, 0.3) is 5.91 Å². The van der Waals surface area contributed by atoms with Crippen LogP contribution in [0, 0.1) is 0 Å². The number of aryl methyl sites for hydroxylation is 1. The zero-order valence-corrected chi connectivity index (χ0v) is 19.2. The summed E-state index contributed by atoms with van der Waals surface area (Å²) in [5.41, 5.74) is 7.93. The van der Waals surface area contributed by atoms with E-state index in [4.69, 9.17) is 0 Å². The lowest BCUT2D eigenvalue weighted by atomic mass is 10.1. The normalized spacial score (nSPS) is 11.7. The Labute approximate surface area is 201 Å². The molecule has 0 fully saturated rings. The fourth-order valence-electron chi connectivity index (χ4n) is 4.65. The highest BCUT2D eigenvalue weighted by atomic mass is 16.2. The lowest BCUT2D eigenvalue weighted by Crippen LogP contribution is -2.18. The number of rotatable bonds is 5. The van der Waals surface area contributed by atoms with Gasteiger partial charge in [-0.1, -0.05) is 60.7 Å². The van der Waals surface area contributed by atoms with Gasteiger partial charge in [0.2, 0.25) is 0 Å². The minimum atomic E-state index is -0.343. The molecule has 0 aliphatic heterocycles. The van der Waals surface area contributed by atoms with Crippen LogP contribution in [0.2, 0.25) is 0 Å². The molecule has 1 amide bonds. The number of para-hydroxylation sites is 1. The summed E-state index contributed by atoms with van der Waals surface area (Å²) in [4.78, 5) is 12.6. The quantitative estimate of drug-likeness (QED) is 0.242. The van der Waals surface area contributed by atoms with Crippen LogP contribution in [-0.4, -0.2) is 26.9 Å². The SMILES string of the molecule is CCn1c2ccccc2c2cc(/C=N\NC(=O)c3cc(-c4ccc5ccccc5c4)n[nH]3)ccc21. The highest BCUT2D eigenvalue weighted by Gasteiger charge is 2.12. The van der Waals surface area contributed by atoms with E-state index in [9.17, 15) is 4.79 Å². The summed E-state index contributed by atoms with van der Waals surface area (Å²) in [6.45, 7) is 3.05. The number of H-pyrrole nitrogens is 1. The van der Waals surface area contributed by atoms with Gasteiger partial charge in [0.15, 0.2) is 0 Å². The van der Waals surface area contributed by atoms with Crippen molar-refractivity contribution in [2.24, 2.45) is 5.10 Å². The summed E-state index contributed by atoms with van der Waals surface area (Å²) in [5, 5.41) is 16.0. The minimum absolute atomic E-state index is 0.343. The fraction of sp³-hybridized carbons (Fsp3) is 0.0690. The van der Waals surface area contributed by atoms with Crippen molar-refractivity contribution < 1.29 is 4.79 Å². The molecule has 2 heterocycles. The molecule has 4 aromatic carbocycles. The summed E-state index contributed by atoms with van der Waals surface area (Å²) in [6, 6.07) is 30.6. The third-order valence-corrected chi connectivity index (χ3v) is 6.36. The molecular formula is C29H23N5O. The molecule has 170 valence electrons. The maximum Gasteiger partial charge on any atom is 0.289 e. The Hall–Kier alpha value is -4.71. The minimum Gasteiger partial charge on any atom is -0.341 e. The highest BCUT2D eigenvalue weighted by molar-refractivity contribution is 6.09. The van der Waals surface area contributed by atoms with Gasteiger partial charge >= 0.3 is 0 Å². The molecule has 2 aromatic heterocycles. The monoisotopic (exact) mass is 457 g/mol. The van der Waals surface area contributed by atoms with Crippen molar-refractivity contribution in [1.82, 2.24) is 20.2 Å². The third kappa shape index (κ3) is 3.75. The first-order chi connectivity index (χ1) is 17.2. The van der Waals surface area contributed by atoms with Crippen LogP contribution in [0.1, 0.15) is 23.0 Å². The standard InChI is InChI=1S/C29H23N5O/c1-2-34-27-10-6-5-9-23(27)24-15-19(11-14-28(24)34)18-30-33-29(35)26-17-25(31-32-26)22-13-12-20-7-3-4-8-21(20)16-22/h3-18H,2H2,1H3,(H,31,32)(H,33,35)/b30-18-. The van der Waals surface area contributed by atoms with E-state index in [2.05, 4.69) is 92.9 Å². The van der Waals surface area contributed by atoms with Crippen LogP contribution < -0.4 is 5.43 Å². The first-order valence-electron chi connectivity index (χ1n) is 11.6. The lowest BCUT2D eigenvalue weighted by Gasteiger charge is -2.02. The fourth-order valence-corrected chi connectivity index (χ4v) is 4.65. The number of benzene rings is 4. The van der Waals surface area contributed by atoms with Crippen LogP contribution >= 0.6 is 0 Å². The van der Waals surface area contributed by atoms with Crippen LogP contribution in [0.3, 0.4) is 0 Å². The van der Waals surface area contributed by atoms with Crippen molar-refractivity contribution in [3.8, 4) is 11.3 Å². The van der Waals surface area contributed by atoms with Crippen LogP contribution in [0.4, 0.5) is 0 Å². The zero-order chi connectivity index (χ0) is 23.8. The number of nitrogens with zero attached hydrogens (tertiary/aromatic N) is 3. The zero-order valence-electron chi connectivity index (χ0n) is 19.2. The van der Waals surface area contributed by atoms with Crippen molar-refractivity contribution >= 4 is 44.7 Å². The molecule has 0 saturated carbocycles. The van der Waals surface area contributed by atoms with E-state index in [0.717, 1.165) is 28.4 Å². The highest BCUT2D eigenvalue weighted by Crippen LogP contribution is 2.29. The topological polar surface area (TPSA) is 75.1 Å². The van der Waals surface area contributed by atoms with E-state index in [1.165, 1.54) is 21.8 Å². The molecule has 0 saturated heterocycles. The number of aromatic nitrogens is 3. The van der Waals surface area contributed by atoms with E-state index in [-0.39, 0.29) is 5.91 Å². The molecule has 0 aliphatic rings. The van der Waals surface area contributed by atoms with Gasteiger partial charge in [-0.2, -0.15) is 10.2 Å². The maximum atomic E-state index is 12.6. The number of carbonyl (C=O) groups is 1. The molecule has 0 bridgehead atoms. The number of nitrogens with one attached hydrogen (secondary N) is 2. The Balaban J connectivity index is 1.21. The molecular weight excluding hydrogens is 434 g/mol. The number of fused-ring (bicyclic) bond motifs is 4. The second-order valence-electron chi connectivity index (χ2n) is 8.47. The first-order valence-corrected chi connectivity index (χ1v) is 11.6. The van der Waals surface area contributed by atoms with Crippen molar-refractivity contribution in [3.05, 3.63) is 102 Å². The number of aromatic amines is 1. The van der Waals surface area contributed by atoms with Gasteiger partial charge in [-0.25, -0.2) is 5.43 Å². The largest absolute Gasteiger partial charge is 0.341 e. The molecule has 0 radical (unpaired) electrons. The van der Waals surface area contributed by atoms with E-state index in [1.807, 2.05) is 24.3 Å². The molecule has 6 rings (SSSR count). The predicted molar refractivity (Wildman–Crippen MR) is 142 cm³/mol. The number of hydrogen-bond acceptors (Lipinski definition) is 3. The Kier molecular flexibility index (Phi) is 5.11. The molecule has 35 heavy (non-hydrogen) atoms. The van der Waals surface area contributed by atoms with Crippen molar-refractivity contribution in [1.29, 1.82) is 0 Å². The van der Waals surface area contributed by atoms with Gasteiger partial charge in [-0.15, -0.1) is 0 Å². The molecule has 0 atom stereocenters. The average molecular weight is 458 g/mol. The van der Waals surface area contributed by atoms with Gasteiger partial charge in [0.05, 0.1) is 11.9 Å². The van der Waals surface area contributed by atoms with Gasteiger partial charge in [0, 0.05) is 33.9 Å². The van der Waals surface area contributed by atoms with Gasteiger partial charge < -0.3 is 4.57 Å². The van der Waals surface area contributed by atoms with Gasteiger partial charge in [-0.3, -0.25) is 9.89 Å². The van der Waals surface area contributed by atoms with Gasteiger partial charge in [0.1, 0.15) is 5.69 Å². The summed E-state index contributed by atoms with van der Waals surface area (Å²) in [6.07, 6.45) is 1.66. The summed E-state index contributed by atoms with van der Waals surface area (Å²) in [5.74, 6) is -0.343. The molecule has 0 aliphatic carbocycles. The van der Waals surface area contributed by atoms with E-state index in [1.54, 1.807) is 12.3 Å². The number of hydrazone groups is 1. The smallest absolute Gasteiger partial charge is 0.289 e. The Morgan fingerprint density at radius 1 is 0.914 bits per heavy atom. The average Bonchev–Trinajstić information content (AvgIpc) is 3.52. The third-order valence-electron chi connectivity index (χ3n) is 6.36. The van der Waals surface area contributed by atoms with E-state index < -0.39 is 0 Å². The second kappa shape index (κ2) is 8.57. The van der Waals surface area contributed by atoms with Crippen LogP contribution in [0.25, 0.3) is 43.8 Å². The number of carbonyl (C=O) groups excluding carboxylic acids is 1. The molecule has 6 aromatic rings. The van der Waals surface area contributed by atoms with Crippen molar-refractivity contribution in [3.63, 3.8) is 0 Å². The molecule has 2 N–H and O–H groups in total. The van der Waals surface area contributed by atoms with Crippen molar-refractivity contribution in [2.45, 2.75) is 13.5 Å². The van der Waals surface area contributed by atoms with Crippen LogP contribution in [0.5, 0.6) is 0 Å². The summed E-state index contributed by atoms with van der Waals surface area (Å²) in [7, 11) is 0. The first kappa shape index (κ1) is 20.9. The molecule has 0 unspecified atom stereocenters. The number of amides is 1. The predicted octanol–water partition coefficient (Wildman–Crippen LogP) is 6.12. The molecule has 6 heteroatoms. The van der Waals surface area contributed by atoms with Crippen molar-refractivity contribution in [2.75, 3.05) is 0 Å². The number of hydrogen-bond donors (Lipinski definition) is 2. The van der Waals surface area contributed by atoms with Crippen LogP contribution in [0.15, 0.2) is 96.1 Å². The molecule has 6 nitrogen and oxygen atoms in total. The Morgan fingerprint density at radius 3 is 2.60 bits per heavy atom. The van der Waals surface area contributed by atoms with Gasteiger partial charge in [-0.05, 0) is 53.6 Å². The summed E-state index contributed by atoms with van der Waals surface area (Å²) < 4.78 is 2.30. The lowest BCUT2D eigenvalue weighted by molar-refractivity contribution is 0.0950. The summed E-state index contributed by atoms with van der Waals surface area (Å²) >= 11 is 0. The maximum absolute atomic E-state index is 12.6. The Bertz CT molecular complexity index is 1740. The van der Waals surface area contributed by atoms with E-state index >= 15 is 0 Å². The molecule has 0 spiro atoms. The van der Waals surface area contributed by atoms with E-state index in [0.29, 0.717) is 11.4 Å². The Morgan fingerprint density at radius 2 is 1.71 bits per heavy atom.